The molecule has 2 aliphatic rings. The lowest BCUT2D eigenvalue weighted by Gasteiger charge is -2.41. The minimum atomic E-state index is 0.552. The van der Waals surface area contributed by atoms with E-state index in [9.17, 15) is 0 Å². The summed E-state index contributed by atoms with van der Waals surface area (Å²) in [6.45, 7) is 13.5. The summed E-state index contributed by atoms with van der Waals surface area (Å²) in [4.78, 5) is 2.68. The Morgan fingerprint density at radius 2 is 2.05 bits per heavy atom. The van der Waals surface area contributed by atoms with Gasteiger partial charge in [0.1, 0.15) is 0 Å². The lowest BCUT2D eigenvalue weighted by Crippen LogP contribution is -2.49. The van der Waals surface area contributed by atoms with E-state index in [0.717, 1.165) is 12.0 Å². The van der Waals surface area contributed by atoms with Crippen molar-refractivity contribution in [2.24, 2.45) is 11.3 Å². The molecule has 0 aromatic heterocycles. The van der Waals surface area contributed by atoms with Crippen LogP contribution in [0.4, 0.5) is 0 Å². The topological polar surface area (TPSA) is 15.3 Å². The summed E-state index contributed by atoms with van der Waals surface area (Å²) in [6, 6.07) is 1.45. The van der Waals surface area contributed by atoms with Crippen LogP contribution in [0.15, 0.2) is 0 Å². The maximum Gasteiger partial charge on any atom is 0.00818 e. The van der Waals surface area contributed by atoms with E-state index < -0.39 is 0 Å². The van der Waals surface area contributed by atoms with Crippen LogP contribution in [0.2, 0.25) is 0 Å². The number of nitrogens with one attached hydrogen (secondary N) is 1. The fourth-order valence-corrected chi connectivity index (χ4v) is 4.37. The van der Waals surface area contributed by atoms with Gasteiger partial charge in [-0.1, -0.05) is 27.2 Å². The zero-order valence-corrected chi connectivity index (χ0v) is 14.3. The van der Waals surface area contributed by atoms with Crippen LogP contribution in [0.5, 0.6) is 0 Å². The average molecular weight is 280 g/mol. The maximum atomic E-state index is 3.98. The van der Waals surface area contributed by atoms with Gasteiger partial charge in [0, 0.05) is 18.6 Å². The molecule has 0 amide bonds. The minimum Gasteiger partial charge on any atom is -0.311 e. The van der Waals surface area contributed by atoms with Crippen molar-refractivity contribution in [3.8, 4) is 0 Å². The normalized spacial score (nSPS) is 33.0. The van der Waals surface area contributed by atoms with Gasteiger partial charge in [-0.2, -0.15) is 0 Å². The zero-order valence-electron chi connectivity index (χ0n) is 14.3. The Kier molecular flexibility index (Phi) is 5.92. The lowest BCUT2D eigenvalue weighted by atomic mass is 9.75. The zero-order chi connectivity index (χ0) is 14.6. The molecule has 0 aromatic rings. The molecular formula is C18H36N2. The quantitative estimate of drug-likeness (QED) is 0.817. The molecule has 2 heteroatoms. The number of rotatable bonds is 5. The van der Waals surface area contributed by atoms with Gasteiger partial charge in [-0.05, 0) is 69.9 Å². The first-order chi connectivity index (χ1) is 9.50. The molecule has 1 saturated heterocycles. The molecular weight excluding hydrogens is 244 g/mol. The molecule has 1 aliphatic carbocycles. The molecule has 2 nitrogen and oxygen atoms in total. The third kappa shape index (κ3) is 4.73. The third-order valence-corrected chi connectivity index (χ3v) is 5.49. The molecule has 2 fully saturated rings. The van der Waals surface area contributed by atoms with Crippen LogP contribution in [0.1, 0.15) is 72.6 Å². The van der Waals surface area contributed by atoms with E-state index in [1.54, 1.807) is 0 Å². The molecule has 118 valence electrons. The van der Waals surface area contributed by atoms with Crippen molar-refractivity contribution >= 4 is 0 Å². The number of hydrogen-bond donors (Lipinski definition) is 1. The maximum absolute atomic E-state index is 3.98. The average Bonchev–Trinajstić information content (AvgIpc) is 2.38. The van der Waals surface area contributed by atoms with Crippen molar-refractivity contribution < 1.29 is 0 Å². The standard InChI is InChI=1S/C18H36N2/c1-5-11-20-12-7-8-16(14-20)15(2)19-17-9-6-10-18(3,4)13-17/h15-17,19H,5-14H2,1-4H3. The first kappa shape index (κ1) is 16.3. The Bertz CT molecular complexity index is 285. The van der Waals surface area contributed by atoms with Crippen LogP contribution < -0.4 is 5.32 Å². The second kappa shape index (κ2) is 7.26. The molecule has 0 aromatic carbocycles. The summed E-state index contributed by atoms with van der Waals surface area (Å²) in [5.74, 6) is 0.861. The summed E-state index contributed by atoms with van der Waals surface area (Å²) >= 11 is 0. The van der Waals surface area contributed by atoms with Crippen molar-refractivity contribution in [2.45, 2.75) is 84.7 Å². The lowest BCUT2D eigenvalue weighted by molar-refractivity contribution is 0.130. The number of hydrogen-bond acceptors (Lipinski definition) is 2. The SMILES string of the molecule is CCCN1CCCC(C(C)NC2CCCC(C)(C)C2)C1. The van der Waals surface area contributed by atoms with Crippen LogP contribution in [-0.2, 0) is 0 Å². The van der Waals surface area contributed by atoms with Gasteiger partial charge >= 0.3 is 0 Å². The highest BCUT2D eigenvalue weighted by Crippen LogP contribution is 2.35. The molecule has 1 N–H and O–H groups in total. The minimum absolute atomic E-state index is 0.552. The van der Waals surface area contributed by atoms with Gasteiger partial charge in [0.2, 0.25) is 0 Å². The number of nitrogens with zero attached hydrogens (tertiary/aromatic N) is 1. The van der Waals surface area contributed by atoms with Crippen molar-refractivity contribution in [3.63, 3.8) is 0 Å². The molecule has 3 atom stereocenters. The highest BCUT2D eigenvalue weighted by molar-refractivity contribution is 4.87. The highest BCUT2D eigenvalue weighted by atomic mass is 15.1. The Labute approximate surface area is 126 Å². The predicted octanol–water partition coefficient (Wildman–Crippen LogP) is 4.06. The Morgan fingerprint density at radius 3 is 2.75 bits per heavy atom. The molecule has 2 rings (SSSR count). The summed E-state index contributed by atoms with van der Waals surface area (Å²) in [7, 11) is 0. The van der Waals surface area contributed by atoms with Gasteiger partial charge in [0.05, 0.1) is 0 Å². The van der Waals surface area contributed by atoms with Gasteiger partial charge in [0.15, 0.2) is 0 Å². The third-order valence-electron chi connectivity index (χ3n) is 5.49. The molecule has 20 heavy (non-hydrogen) atoms. The first-order valence-corrected chi connectivity index (χ1v) is 8.98. The molecule has 1 saturated carbocycles. The molecule has 0 bridgehead atoms. The van der Waals surface area contributed by atoms with E-state index in [0.29, 0.717) is 11.5 Å². The van der Waals surface area contributed by atoms with Gasteiger partial charge in [-0.3, -0.25) is 0 Å². The van der Waals surface area contributed by atoms with E-state index in [2.05, 4.69) is 37.9 Å². The van der Waals surface area contributed by atoms with Crippen LogP contribution in [-0.4, -0.2) is 36.6 Å². The number of likely N-dealkylation sites (tertiary alicyclic amines) is 1. The van der Waals surface area contributed by atoms with Crippen LogP contribution in [0, 0.1) is 11.3 Å². The Balaban J connectivity index is 1.80. The molecule has 0 spiro atoms. The van der Waals surface area contributed by atoms with E-state index in [1.165, 1.54) is 64.6 Å². The highest BCUT2D eigenvalue weighted by Gasteiger charge is 2.31. The van der Waals surface area contributed by atoms with Gasteiger partial charge in [0.25, 0.3) is 0 Å². The van der Waals surface area contributed by atoms with E-state index in [4.69, 9.17) is 0 Å². The van der Waals surface area contributed by atoms with Gasteiger partial charge in [-0.15, -0.1) is 0 Å². The van der Waals surface area contributed by atoms with Crippen molar-refractivity contribution in [1.82, 2.24) is 10.2 Å². The summed E-state index contributed by atoms with van der Waals surface area (Å²) in [6.07, 6.45) is 9.68. The fraction of sp³-hybridized carbons (Fsp3) is 1.00. The van der Waals surface area contributed by atoms with Crippen molar-refractivity contribution in [3.05, 3.63) is 0 Å². The Hall–Kier alpha value is -0.0800. The van der Waals surface area contributed by atoms with E-state index >= 15 is 0 Å². The van der Waals surface area contributed by atoms with Crippen LogP contribution in [0.3, 0.4) is 0 Å². The van der Waals surface area contributed by atoms with Gasteiger partial charge < -0.3 is 10.2 Å². The fourth-order valence-electron chi connectivity index (χ4n) is 4.37. The van der Waals surface area contributed by atoms with Crippen LogP contribution >= 0.6 is 0 Å². The monoisotopic (exact) mass is 280 g/mol. The van der Waals surface area contributed by atoms with Crippen LogP contribution in [0.25, 0.3) is 0 Å². The smallest absolute Gasteiger partial charge is 0.00818 e. The number of piperidine rings is 1. The second-order valence-electron chi connectivity index (χ2n) is 8.12. The predicted molar refractivity (Wildman–Crippen MR) is 88.1 cm³/mol. The Morgan fingerprint density at radius 1 is 1.25 bits per heavy atom. The summed E-state index contributed by atoms with van der Waals surface area (Å²) in [5.41, 5.74) is 0.552. The molecule has 1 heterocycles. The second-order valence-corrected chi connectivity index (χ2v) is 8.12. The summed E-state index contributed by atoms with van der Waals surface area (Å²) < 4.78 is 0. The van der Waals surface area contributed by atoms with Crippen molar-refractivity contribution in [1.29, 1.82) is 0 Å². The van der Waals surface area contributed by atoms with Gasteiger partial charge in [-0.25, -0.2) is 0 Å². The molecule has 3 unspecified atom stereocenters. The van der Waals surface area contributed by atoms with E-state index in [1.807, 2.05) is 0 Å². The molecule has 0 radical (unpaired) electrons. The van der Waals surface area contributed by atoms with E-state index in [-0.39, 0.29) is 0 Å². The first-order valence-electron chi connectivity index (χ1n) is 8.98. The van der Waals surface area contributed by atoms with Crippen molar-refractivity contribution in [2.75, 3.05) is 19.6 Å². The summed E-state index contributed by atoms with van der Waals surface area (Å²) in [5, 5.41) is 3.98. The largest absolute Gasteiger partial charge is 0.311 e. The molecule has 1 aliphatic heterocycles.